The predicted molar refractivity (Wildman–Crippen MR) is 94.6 cm³/mol. The summed E-state index contributed by atoms with van der Waals surface area (Å²) >= 11 is 6.34. The molecule has 0 saturated carbocycles. The van der Waals surface area contributed by atoms with E-state index >= 15 is 0 Å². The molecule has 2 heterocycles. The molecular weight excluding hydrogens is 326 g/mol. The van der Waals surface area contributed by atoms with Crippen molar-refractivity contribution in [2.75, 3.05) is 13.1 Å². The first-order valence-corrected chi connectivity index (χ1v) is 8.51. The normalized spacial score (nSPS) is 13.7. The molecule has 1 aromatic heterocycles. The van der Waals surface area contributed by atoms with Gasteiger partial charge in [0.15, 0.2) is 0 Å². The maximum Gasteiger partial charge on any atom is 0.328 e. The number of H-pyrrole nitrogens is 1. The Morgan fingerprint density at radius 2 is 2.12 bits per heavy atom. The second-order valence-corrected chi connectivity index (χ2v) is 6.23. The fourth-order valence-electron chi connectivity index (χ4n) is 2.96. The van der Waals surface area contributed by atoms with Gasteiger partial charge in [-0.1, -0.05) is 29.5 Å². The molecule has 6 heteroatoms. The van der Waals surface area contributed by atoms with Crippen LogP contribution < -0.4 is 11.0 Å². The van der Waals surface area contributed by atoms with Gasteiger partial charge in [-0.15, -0.1) is 0 Å². The van der Waals surface area contributed by atoms with Crippen LogP contribution in [0.3, 0.4) is 0 Å². The van der Waals surface area contributed by atoms with Gasteiger partial charge in [0.2, 0.25) is 5.88 Å². The Labute approximate surface area is 145 Å². The first kappa shape index (κ1) is 16.7. The fourth-order valence-corrected chi connectivity index (χ4v) is 3.18. The van der Waals surface area contributed by atoms with E-state index in [-0.39, 0.29) is 11.6 Å². The highest BCUT2D eigenvalue weighted by molar-refractivity contribution is 6.31. The first-order chi connectivity index (χ1) is 11.7. The van der Waals surface area contributed by atoms with Crippen LogP contribution >= 0.6 is 11.6 Å². The van der Waals surface area contributed by atoms with Crippen molar-refractivity contribution in [2.45, 2.75) is 32.2 Å². The number of aromatic nitrogens is 2. The highest BCUT2D eigenvalue weighted by Gasteiger charge is 2.13. The van der Waals surface area contributed by atoms with Crippen molar-refractivity contribution < 1.29 is 5.11 Å². The van der Waals surface area contributed by atoms with Gasteiger partial charge >= 0.3 is 5.69 Å². The molecule has 0 bridgehead atoms. The van der Waals surface area contributed by atoms with Crippen molar-refractivity contribution >= 4 is 11.6 Å². The predicted octanol–water partition coefficient (Wildman–Crippen LogP) is 2.06. The van der Waals surface area contributed by atoms with E-state index in [1.165, 1.54) is 21.9 Å². The number of unbranched alkanes of at least 4 members (excludes halogenated alkanes) is 1. The van der Waals surface area contributed by atoms with Gasteiger partial charge in [0.1, 0.15) is 0 Å². The lowest BCUT2D eigenvalue weighted by molar-refractivity contribution is 0.410. The fraction of sp³-hybridized carbons (Fsp3) is 0.389. The highest BCUT2D eigenvalue weighted by atomic mass is 35.5. The molecule has 0 atom stereocenters. The molecule has 0 saturated heterocycles. The monoisotopic (exact) mass is 345 g/mol. The zero-order valence-electron chi connectivity index (χ0n) is 13.4. The number of halogens is 1. The molecule has 0 spiro atoms. The second-order valence-electron chi connectivity index (χ2n) is 5.82. The molecular formula is C18H20ClN3O2. The largest absolute Gasteiger partial charge is 0.493 e. The average molecular weight is 346 g/mol. The maximum absolute atomic E-state index is 11.5. The Kier molecular flexibility index (Phi) is 5.29. The molecule has 24 heavy (non-hydrogen) atoms. The van der Waals surface area contributed by atoms with Crippen LogP contribution in [0.5, 0.6) is 5.88 Å². The van der Waals surface area contributed by atoms with Crippen LogP contribution in [0.25, 0.3) is 0 Å². The highest BCUT2D eigenvalue weighted by Crippen LogP contribution is 2.25. The number of imidazole rings is 1. The molecule has 3 N–H and O–H groups in total. The van der Waals surface area contributed by atoms with Gasteiger partial charge in [-0.05, 0) is 49.5 Å². The molecule has 0 amide bonds. The number of hydrogen-bond donors (Lipinski definition) is 3. The summed E-state index contributed by atoms with van der Waals surface area (Å²) < 4.78 is 1.30. The number of fused-ring (bicyclic) bond motifs is 1. The zero-order valence-corrected chi connectivity index (χ0v) is 14.1. The van der Waals surface area contributed by atoms with E-state index in [1.807, 2.05) is 6.07 Å². The van der Waals surface area contributed by atoms with Crippen LogP contribution in [0.15, 0.2) is 23.1 Å². The molecule has 126 valence electrons. The zero-order chi connectivity index (χ0) is 16.9. The Morgan fingerprint density at radius 1 is 1.29 bits per heavy atom. The van der Waals surface area contributed by atoms with Gasteiger partial charge in [-0.3, -0.25) is 4.57 Å². The standard InChI is InChI=1S/C18H20ClN3O2/c19-16-6-5-13-7-9-20-10-8-14(13)15(16)4-2-1-3-11-22-17(23)12-21-18(22)24/h5-6,12,20,23H,1,3,7-11H2,(H,21,24). The van der Waals surface area contributed by atoms with Crippen LogP contribution in [0.1, 0.15) is 29.5 Å². The summed E-state index contributed by atoms with van der Waals surface area (Å²) in [4.78, 5) is 13.9. The molecule has 3 rings (SSSR count). The summed E-state index contributed by atoms with van der Waals surface area (Å²) in [6.07, 6.45) is 4.55. The van der Waals surface area contributed by atoms with Crippen molar-refractivity contribution in [1.82, 2.24) is 14.9 Å². The van der Waals surface area contributed by atoms with E-state index in [1.54, 1.807) is 0 Å². The third kappa shape index (κ3) is 3.66. The van der Waals surface area contributed by atoms with E-state index in [0.29, 0.717) is 24.4 Å². The summed E-state index contributed by atoms with van der Waals surface area (Å²) in [5, 5.41) is 13.6. The van der Waals surface area contributed by atoms with Gasteiger partial charge in [0.05, 0.1) is 11.2 Å². The lowest BCUT2D eigenvalue weighted by atomic mass is 9.97. The van der Waals surface area contributed by atoms with Gasteiger partial charge in [0.25, 0.3) is 0 Å². The summed E-state index contributed by atoms with van der Waals surface area (Å²) in [5.74, 6) is 6.32. The van der Waals surface area contributed by atoms with E-state index in [4.69, 9.17) is 11.6 Å². The lowest BCUT2D eigenvalue weighted by Gasteiger charge is -2.09. The number of hydrogen-bond acceptors (Lipinski definition) is 3. The Hall–Kier alpha value is -2.16. The quantitative estimate of drug-likeness (QED) is 0.589. The topological polar surface area (TPSA) is 70.0 Å². The van der Waals surface area contributed by atoms with Crippen LogP contribution in [0.4, 0.5) is 0 Å². The molecule has 0 unspecified atom stereocenters. The number of nitrogens with one attached hydrogen (secondary N) is 2. The maximum atomic E-state index is 11.5. The van der Waals surface area contributed by atoms with E-state index < -0.39 is 0 Å². The summed E-state index contributed by atoms with van der Waals surface area (Å²) in [6, 6.07) is 4.02. The minimum atomic E-state index is -0.301. The molecule has 0 aliphatic carbocycles. The Bertz CT molecular complexity index is 842. The molecule has 5 nitrogen and oxygen atoms in total. The molecule has 2 aromatic rings. The third-order valence-corrected chi connectivity index (χ3v) is 4.54. The van der Waals surface area contributed by atoms with Crippen LogP contribution in [0.2, 0.25) is 5.02 Å². The number of rotatable bonds is 3. The van der Waals surface area contributed by atoms with E-state index in [0.717, 1.165) is 31.5 Å². The van der Waals surface area contributed by atoms with Crippen molar-refractivity contribution in [3.8, 4) is 17.7 Å². The smallest absolute Gasteiger partial charge is 0.328 e. The average Bonchev–Trinajstić information content (AvgIpc) is 2.78. The van der Waals surface area contributed by atoms with Gasteiger partial charge in [0, 0.05) is 18.5 Å². The van der Waals surface area contributed by atoms with E-state index in [9.17, 15) is 9.90 Å². The summed E-state index contributed by atoms with van der Waals surface area (Å²) in [7, 11) is 0. The number of aromatic hydroxyl groups is 1. The molecule has 1 aliphatic rings. The molecule has 0 radical (unpaired) electrons. The van der Waals surface area contributed by atoms with Gasteiger partial charge in [-0.2, -0.15) is 0 Å². The van der Waals surface area contributed by atoms with Crippen LogP contribution in [0, 0.1) is 11.8 Å². The van der Waals surface area contributed by atoms with Gasteiger partial charge in [-0.25, -0.2) is 4.79 Å². The van der Waals surface area contributed by atoms with Crippen molar-refractivity contribution in [2.24, 2.45) is 0 Å². The number of aromatic amines is 1. The molecule has 1 aromatic carbocycles. The summed E-state index contributed by atoms with van der Waals surface area (Å²) in [6.45, 7) is 2.36. The number of nitrogens with zero attached hydrogens (tertiary/aromatic N) is 1. The number of benzene rings is 1. The third-order valence-electron chi connectivity index (χ3n) is 4.23. The van der Waals surface area contributed by atoms with Crippen molar-refractivity contribution in [3.63, 3.8) is 0 Å². The summed E-state index contributed by atoms with van der Waals surface area (Å²) in [5.41, 5.74) is 3.20. The minimum Gasteiger partial charge on any atom is -0.493 e. The Balaban J connectivity index is 1.69. The lowest BCUT2D eigenvalue weighted by Crippen LogP contribution is -2.16. The molecule has 1 aliphatic heterocycles. The molecule has 0 fully saturated rings. The Morgan fingerprint density at radius 3 is 2.92 bits per heavy atom. The SMILES string of the molecule is O=c1[nH]cc(O)n1CCCC#Cc1c(Cl)ccc2c1CCNCC2. The van der Waals surface area contributed by atoms with Crippen LogP contribution in [-0.2, 0) is 19.4 Å². The van der Waals surface area contributed by atoms with Gasteiger partial charge < -0.3 is 15.4 Å². The minimum absolute atomic E-state index is 0.0446. The first-order valence-electron chi connectivity index (χ1n) is 8.14. The van der Waals surface area contributed by atoms with Crippen molar-refractivity contribution in [3.05, 3.63) is 50.5 Å². The second kappa shape index (κ2) is 7.61. The van der Waals surface area contributed by atoms with Crippen molar-refractivity contribution in [1.29, 1.82) is 0 Å². The van der Waals surface area contributed by atoms with E-state index in [2.05, 4.69) is 28.2 Å². The van der Waals surface area contributed by atoms with Crippen LogP contribution in [-0.4, -0.2) is 27.7 Å².